The van der Waals surface area contributed by atoms with Crippen molar-refractivity contribution >= 4 is 0 Å². The lowest BCUT2D eigenvalue weighted by Crippen LogP contribution is -2.17. The number of halogens is 2. The lowest BCUT2D eigenvalue weighted by atomic mass is 10.1. The fraction of sp³-hybridized carbons (Fsp3) is 0.294. The Bertz CT molecular complexity index is 614. The first kappa shape index (κ1) is 15.4. The van der Waals surface area contributed by atoms with E-state index in [0.717, 1.165) is 17.5 Å². The number of hydrogen-bond acceptors (Lipinski definition) is 2. The van der Waals surface area contributed by atoms with Gasteiger partial charge < -0.3 is 10.1 Å². The molecule has 0 unspecified atom stereocenters. The minimum absolute atomic E-state index is 0.218. The first-order valence-electron chi connectivity index (χ1n) is 6.88. The van der Waals surface area contributed by atoms with Gasteiger partial charge >= 0.3 is 0 Å². The molecule has 0 aliphatic carbocycles. The molecule has 0 aliphatic rings. The molecule has 0 spiro atoms. The number of benzene rings is 2. The number of rotatable bonds is 6. The Balaban J connectivity index is 1.84. The minimum atomic E-state index is -0.278. The zero-order valence-corrected chi connectivity index (χ0v) is 12.2. The fourth-order valence-corrected chi connectivity index (χ4v) is 2.18. The van der Waals surface area contributed by atoms with Crippen LogP contribution < -0.4 is 10.1 Å². The number of methoxy groups -OCH3 is 1. The maximum atomic E-state index is 13.7. The monoisotopic (exact) mass is 291 g/mol. The molecule has 0 bridgehead atoms. The summed E-state index contributed by atoms with van der Waals surface area (Å²) in [7, 11) is 1.51. The van der Waals surface area contributed by atoms with E-state index in [1.807, 2.05) is 6.92 Å². The SMILES string of the molecule is COc1ccc(CNCCc2ccc(F)cc2C)c(F)c1. The molecule has 0 aliphatic heterocycles. The number of nitrogens with one attached hydrogen (secondary N) is 1. The molecule has 0 atom stereocenters. The maximum Gasteiger partial charge on any atom is 0.131 e. The van der Waals surface area contributed by atoms with Crippen molar-refractivity contribution in [2.24, 2.45) is 0 Å². The topological polar surface area (TPSA) is 21.3 Å². The maximum absolute atomic E-state index is 13.7. The highest BCUT2D eigenvalue weighted by Crippen LogP contribution is 2.16. The van der Waals surface area contributed by atoms with Crippen LogP contribution in [0.1, 0.15) is 16.7 Å². The largest absolute Gasteiger partial charge is 0.497 e. The van der Waals surface area contributed by atoms with Crippen molar-refractivity contribution in [3.8, 4) is 5.75 Å². The normalized spacial score (nSPS) is 10.7. The van der Waals surface area contributed by atoms with E-state index < -0.39 is 0 Å². The highest BCUT2D eigenvalue weighted by atomic mass is 19.1. The standard InChI is InChI=1S/C17H19F2NO/c1-12-9-15(18)5-3-13(12)7-8-20-11-14-4-6-16(21-2)10-17(14)19/h3-6,9-10,20H,7-8,11H2,1-2H3. The molecule has 0 fully saturated rings. The zero-order valence-electron chi connectivity index (χ0n) is 12.2. The molecule has 4 heteroatoms. The molecule has 2 aromatic rings. The second-order valence-corrected chi connectivity index (χ2v) is 4.95. The average Bonchev–Trinajstić information content (AvgIpc) is 2.46. The van der Waals surface area contributed by atoms with Crippen LogP contribution in [0.3, 0.4) is 0 Å². The molecule has 1 N–H and O–H groups in total. The third-order valence-corrected chi connectivity index (χ3v) is 3.45. The van der Waals surface area contributed by atoms with Crippen LogP contribution in [0.4, 0.5) is 8.78 Å². The summed E-state index contributed by atoms with van der Waals surface area (Å²) >= 11 is 0. The molecular formula is C17H19F2NO. The van der Waals surface area contributed by atoms with E-state index in [4.69, 9.17) is 4.74 Å². The Labute approximate surface area is 123 Å². The second kappa shape index (κ2) is 7.18. The average molecular weight is 291 g/mol. The summed E-state index contributed by atoms with van der Waals surface area (Å²) in [6.45, 7) is 3.05. The van der Waals surface area contributed by atoms with Gasteiger partial charge in [0.05, 0.1) is 7.11 Å². The van der Waals surface area contributed by atoms with Crippen molar-refractivity contribution < 1.29 is 13.5 Å². The first-order chi connectivity index (χ1) is 10.1. The van der Waals surface area contributed by atoms with Gasteiger partial charge in [0, 0.05) is 18.2 Å². The van der Waals surface area contributed by atoms with E-state index in [0.29, 0.717) is 24.4 Å². The van der Waals surface area contributed by atoms with E-state index >= 15 is 0 Å². The molecule has 0 radical (unpaired) electrons. The van der Waals surface area contributed by atoms with E-state index in [2.05, 4.69) is 5.32 Å². The van der Waals surface area contributed by atoms with Crippen molar-refractivity contribution in [2.45, 2.75) is 19.9 Å². The van der Waals surface area contributed by atoms with Crippen LogP contribution in [-0.2, 0) is 13.0 Å². The zero-order chi connectivity index (χ0) is 15.2. The summed E-state index contributed by atoms with van der Waals surface area (Å²) in [6, 6.07) is 9.61. The lowest BCUT2D eigenvalue weighted by Gasteiger charge is -2.09. The summed E-state index contributed by atoms with van der Waals surface area (Å²) in [6.07, 6.45) is 0.782. The van der Waals surface area contributed by atoms with Gasteiger partial charge in [0.2, 0.25) is 0 Å². The van der Waals surface area contributed by atoms with E-state index in [1.54, 1.807) is 18.2 Å². The van der Waals surface area contributed by atoms with Crippen LogP contribution in [-0.4, -0.2) is 13.7 Å². The minimum Gasteiger partial charge on any atom is -0.497 e. The molecule has 0 aromatic heterocycles. The van der Waals surface area contributed by atoms with Crippen molar-refractivity contribution in [2.75, 3.05) is 13.7 Å². The predicted molar refractivity (Wildman–Crippen MR) is 79.5 cm³/mol. The third-order valence-electron chi connectivity index (χ3n) is 3.45. The Morgan fingerprint density at radius 2 is 1.81 bits per heavy atom. The number of ether oxygens (including phenoxy) is 1. The van der Waals surface area contributed by atoms with Crippen LogP contribution in [0.25, 0.3) is 0 Å². The molecule has 0 amide bonds. The summed E-state index contributed by atoms with van der Waals surface area (Å²) in [5.74, 6) is 0.0162. The summed E-state index contributed by atoms with van der Waals surface area (Å²) in [4.78, 5) is 0. The van der Waals surface area contributed by atoms with Gasteiger partial charge in [0.15, 0.2) is 0 Å². The van der Waals surface area contributed by atoms with Crippen LogP contribution >= 0.6 is 0 Å². The first-order valence-corrected chi connectivity index (χ1v) is 6.88. The molecule has 2 nitrogen and oxygen atoms in total. The van der Waals surface area contributed by atoms with E-state index in [1.165, 1.54) is 25.3 Å². The van der Waals surface area contributed by atoms with Crippen LogP contribution in [0.5, 0.6) is 5.75 Å². The molecule has 2 aromatic carbocycles. The van der Waals surface area contributed by atoms with Crippen LogP contribution in [0, 0.1) is 18.6 Å². The van der Waals surface area contributed by atoms with E-state index in [-0.39, 0.29) is 11.6 Å². The highest BCUT2D eigenvalue weighted by molar-refractivity contribution is 5.29. The Kier molecular flexibility index (Phi) is 5.28. The van der Waals surface area contributed by atoms with Gasteiger partial charge in [0.1, 0.15) is 17.4 Å². The van der Waals surface area contributed by atoms with Crippen molar-refractivity contribution in [1.82, 2.24) is 5.32 Å². The quantitative estimate of drug-likeness (QED) is 0.821. The van der Waals surface area contributed by atoms with Crippen LogP contribution in [0.15, 0.2) is 36.4 Å². The molecule has 0 heterocycles. The summed E-state index contributed by atoms with van der Waals surface area (Å²) < 4.78 is 31.7. The van der Waals surface area contributed by atoms with Gasteiger partial charge in [-0.2, -0.15) is 0 Å². The molecule has 2 rings (SSSR count). The number of hydrogen-bond donors (Lipinski definition) is 1. The van der Waals surface area contributed by atoms with Gasteiger partial charge in [-0.25, -0.2) is 8.78 Å². The van der Waals surface area contributed by atoms with Gasteiger partial charge in [-0.05, 0) is 49.2 Å². The lowest BCUT2D eigenvalue weighted by molar-refractivity contribution is 0.410. The Morgan fingerprint density at radius 1 is 1.05 bits per heavy atom. The van der Waals surface area contributed by atoms with Crippen LogP contribution in [0.2, 0.25) is 0 Å². The van der Waals surface area contributed by atoms with Gasteiger partial charge in [-0.1, -0.05) is 12.1 Å². The van der Waals surface area contributed by atoms with Gasteiger partial charge in [0.25, 0.3) is 0 Å². The smallest absolute Gasteiger partial charge is 0.131 e. The number of aryl methyl sites for hydroxylation is 1. The third kappa shape index (κ3) is 4.26. The molecule has 0 saturated heterocycles. The highest BCUT2D eigenvalue weighted by Gasteiger charge is 2.04. The van der Waals surface area contributed by atoms with E-state index in [9.17, 15) is 8.78 Å². The van der Waals surface area contributed by atoms with Gasteiger partial charge in [-0.15, -0.1) is 0 Å². The second-order valence-electron chi connectivity index (χ2n) is 4.95. The van der Waals surface area contributed by atoms with Crippen molar-refractivity contribution in [3.63, 3.8) is 0 Å². The molecule has 0 saturated carbocycles. The summed E-state index contributed by atoms with van der Waals surface area (Å²) in [5, 5.41) is 3.20. The molecular weight excluding hydrogens is 272 g/mol. The predicted octanol–water partition coefficient (Wildman–Crippen LogP) is 3.61. The van der Waals surface area contributed by atoms with Crippen molar-refractivity contribution in [3.05, 3.63) is 64.7 Å². The summed E-state index contributed by atoms with van der Waals surface area (Å²) in [5.41, 5.74) is 2.64. The Hall–Kier alpha value is -1.94. The molecule has 21 heavy (non-hydrogen) atoms. The Morgan fingerprint density at radius 3 is 2.48 bits per heavy atom. The van der Waals surface area contributed by atoms with Gasteiger partial charge in [-0.3, -0.25) is 0 Å². The molecule has 112 valence electrons. The van der Waals surface area contributed by atoms with Crippen molar-refractivity contribution in [1.29, 1.82) is 0 Å². The fourth-order valence-electron chi connectivity index (χ4n) is 2.18.